The highest BCUT2D eigenvalue weighted by Gasteiger charge is 2.31. The van der Waals surface area contributed by atoms with E-state index in [2.05, 4.69) is 19.1 Å². The first-order chi connectivity index (χ1) is 10.3. The molecule has 2 unspecified atom stereocenters. The minimum Gasteiger partial charge on any atom is -0.392 e. The van der Waals surface area contributed by atoms with Crippen LogP contribution in [0.4, 0.5) is 0 Å². The summed E-state index contributed by atoms with van der Waals surface area (Å²) >= 11 is 0. The number of aliphatic hydroxyl groups is 1. The lowest BCUT2D eigenvalue weighted by molar-refractivity contribution is 0.0520. The van der Waals surface area contributed by atoms with Crippen molar-refractivity contribution < 1.29 is 5.11 Å². The van der Waals surface area contributed by atoms with Gasteiger partial charge in [-0.05, 0) is 30.2 Å². The van der Waals surface area contributed by atoms with Crippen LogP contribution in [-0.2, 0) is 0 Å². The van der Waals surface area contributed by atoms with E-state index in [4.69, 9.17) is 5.73 Å². The van der Waals surface area contributed by atoms with Gasteiger partial charge in [0.05, 0.1) is 6.10 Å². The molecule has 1 aromatic rings. The molecule has 0 bridgehead atoms. The molecule has 1 aliphatic carbocycles. The third-order valence-electron chi connectivity index (χ3n) is 5.23. The predicted octanol–water partition coefficient (Wildman–Crippen LogP) is 4.09. The molecule has 0 aliphatic heterocycles. The summed E-state index contributed by atoms with van der Waals surface area (Å²) in [6.45, 7) is 2.79. The van der Waals surface area contributed by atoms with Crippen LogP contribution in [-0.4, -0.2) is 17.8 Å². The van der Waals surface area contributed by atoms with Crippen LogP contribution in [0, 0.1) is 11.8 Å². The second kappa shape index (κ2) is 8.55. The van der Waals surface area contributed by atoms with Crippen molar-refractivity contribution in [2.24, 2.45) is 17.6 Å². The van der Waals surface area contributed by atoms with Gasteiger partial charge >= 0.3 is 0 Å². The lowest BCUT2D eigenvalue weighted by Gasteiger charge is -2.35. The molecule has 0 aromatic heterocycles. The fraction of sp³-hybridized carbons (Fsp3) is 0.684. The SMILES string of the molecule is CCCCC1CCC(C(O)C(CN)c2ccccc2)CC1. The van der Waals surface area contributed by atoms with Crippen molar-refractivity contribution >= 4 is 0 Å². The molecular weight excluding hydrogens is 258 g/mol. The van der Waals surface area contributed by atoms with Gasteiger partial charge in [-0.3, -0.25) is 0 Å². The summed E-state index contributed by atoms with van der Waals surface area (Å²) in [7, 11) is 0. The van der Waals surface area contributed by atoms with E-state index in [1.54, 1.807) is 0 Å². The average Bonchev–Trinajstić information content (AvgIpc) is 2.55. The fourth-order valence-corrected chi connectivity index (χ4v) is 3.81. The van der Waals surface area contributed by atoms with Crippen molar-refractivity contribution in [3.05, 3.63) is 35.9 Å². The molecule has 2 heteroatoms. The smallest absolute Gasteiger partial charge is 0.0648 e. The van der Waals surface area contributed by atoms with Gasteiger partial charge in [0.2, 0.25) is 0 Å². The summed E-state index contributed by atoms with van der Waals surface area (Å²) in [4.78, 5) is 0. The number of unbranched alkanes of at least 4 members (excludes halogenated alkanes) is 1. The van der Waals surface area contributed by atoms with Crippen LogP contribution < -0.4 is 5.73 Å². The molecule has 2 rings (SSSR count). The van der Waals surface area contributed by atoms with E-state index in [0.717, 1.165) is 5.92 Å². The molecule has 0 heterocycles. The van der Waals surface area contributed by atoms with Crippen molar-refractivity contribution in [3.8, 4) is 0 Å². The Morgan fingerprint density at radius 2 is 1.81 bits per heavy atom. The monoisotopic (exact) mass is 289 g/mol. The van der Waals surface area contributed by atoms with Crippen LogP contribution in [0.2, 0.25) is 0 Å². The van der Waals surface area contributed by atoms with Gasteiger partial charge < -0.3 is 10.8 Å². The lowest BCUT2D eigenvalue weighted by Crippen LogP contribution is -2.34. The first-order valence-corrected chi connectivity index (χ1v) is 8.69. The number of hydrogen-bond acceptors (Lipinski definition) is 2. The summed E-state index contributed by atoms with van der Waals surface area (Å²) in [5, 5.41) is 10.8. The molecule has 21 heavy (non-hydrogen) atoms. The maximum absolute atomic E-state index is 10.8. The topological polar surface area (TPSA) is 46.2 Å². The third-order valence-corrected chi connectivity index (χ3v) is 5.23. The standard InChI is InChI=1S/C19H31NO/c1-2-3-7-15-10-12-17(13-11-15)19(21)18(14-20)16-8-5-4-6-9-16/h4-6,8-9,15,17-19,21H,2-3,7,10-14,20H2,1H3. The molecule has 2 atom stereocenters. The summed E-state index contributed by atoms with van der Waals surface area (Å²) in [5.41, 5.74) is 7.13. The van der Waals surface area contributed by atoms with Gasteiger partial charge in [0, 0.05) is 12.5 Å². The number of benzene rings is 1. The molecule has 2 nitrogen and oxygen atoms in total. The maximum Gasteiger partial charge on any atom is 0.0648 e. The van der Waals surface area contributed by atoms with E-state index in [-0.39, 0.29) is 12.0 Å². The first-order valence-electron chi connectivity index (χ1n) is 8.69. The zero-order valence-electron chi connectivity index (χ0n) is 13.4. The van der Waals surface area contributed by atoms with Crippen LogP contribution in [0.25, 0.3) is 0 Å². The Kier molecular flexibility index (Phi) is 6.72. The zero-order valence-corrected chi connectivity index (χ0v) is 13.4. The summed E-state index contributed by atoms with van der Waals surface area (Å²) < 4.78 is 0. The van der Waals surface area contributed by atoms with Crippen molar-refractivity contribution in [1.29, 1.82) is 0 Å². The van der Waals surface area contributed by atoms with Gasteiger partial charge in [-0.15, -0.1) is 0 Å². The van der Waals surface area contributed by atoms with Gasteiger partial charge in [0.25, 0.3) is 0 Å². The third kappa shape index (κ3) is 4.55. The van der Waals surface area contributed by atoms with Crippen LogP contribution >= 0.6 is 0 Å². The molecule has 0 saturated heterocycles. The van der Waals surface area contributed by atoms with Gasteiger partial charge in [-0.2, -0.15) is 0 Å². The van der Waals surface area contributed by atoms with E-state index in [9.17, 15) is 5.11 Å². The quantitative estimate of drug-likeness (QED) is 0.794. The second-order valence-corrected chi connectivity index (χ2v) is 6.67. The molecule has 0 radical (unpaired) electrons. The fourth-order valence-electron chi connectivity index (χ4n) is 3.81. The van der Waals surface area contributed by atoms with E-state index < -0.39 is 0 Å². The van der Waals surface area contributed by atoms with Crippen molar-refractivity contribution in [3.63, 3.8) is 0 Å². The number of hydrogen-bond donors (Lipinski definition) is 2. The average molecular weight is 289 g/mol. The number of rotatable bonds is 7. The summed E-state index contributed by atoms with van der Waals surface area (Å²) in [6.07, 6.45) is 8.64. The Morgan fingerprint density at radius 1 is 1.14 bits per heavy atom. The normalized spacial score (nSPS) is 25.5. The molecule has 1 aromatic carbocycles. The van der Waals surface area contributed by atoms with Gasteiger partial charge in [-0.1, -0.05) is 69.4 Å². The molecule has 1 fully saturated rings. The molecule has 118 valence electrons. The molecule has 1 aliphatic rings. The number of aliphatic hydroxyl groups excluding tert-OH is 1. The van der Waals surface area contributed by atoms with Gasteiger partial charge in [-0.25, -0.2) is 0 Å². The van der Waals surface area contributed by atoms with Crippen LogP contribution in [0.15, 0.2) is 30.3 Å². The van der Waals surface area contributed by atoms with E-state index in [1.807, 2.05) is 18.2 Å². The molecular formula is C19H31NO. The van der Waals surface area contributed by atoms with E-state index in [1.165, 1.54) is 50.5 Å². The highest BCUT2D eigenvalue weighted by atomic mass is 16.3. The predicted molar refractivity (Wildman–Crippen MR) is 89.2 cm³/mol. The molecule has 0 spiro atoms. The Morgan fingerprint density at radius 3 is 2.38 bits per heavy atom. The van der Waals surface area contributed by atoms with E-state index in [0.29, 0.717) is 12.5 Å². The van der Waals surface area contributed by atoms with Gasteiger partial charge in [0.15, 0.2) is 0 Å². The first kappa shape index (κ1) is 16.5. The maximum atomic E-state index is 10.8. The highest BCUT2D eigenvalue weighted by Crippen LogP contribution is 2.37. The summed E-state index contributed by atoms with van der Waals surface area (Å²) in [5.74, 6) is 1.40. The Hall–Kier alpha value is -0.860. The number of nitrogens with two attached hydrogens (primary N) is 1. The second-order valence-electron chi connectivity index (χ2n) is 6.67. The lowest BCUT2D eigenvalue weighted by atomic mass is 9.74. The molecule has 3 N–H and O–H groups in total. The van der Waals surface area contributed by atoms with Crippen LogP contribution in [0.3, 0.4) is 0 Å². The minimum absolute atomic E-state index is 0.0865. The molecule has 0 amide bonds. The Labute approximate surface area is 129 Å². The van der Waals surface area contributed by atoms with Gasteiger partial charge in [0.1, 0.15) is 0 Å². The Balaban J connectivity index is 1.89. The highest BCUT2D eigenvalue weighted by molar-refractivity contribution is 5.21. The van der Waals surface area contributed by atoms with Crippen molar-refractivity contribution in [2.75, 3.05) is 6.54 Å². The van der Waals surface area contributed by atoms with E-state index >= 15 is 0 Å². The van der Waals surface area contributed by atoms with Crippen LogP contribution in [0.1, 0.15) is 63.4 Å². The molecule has 1 saturated carbocycles. The van der Waals surface area contributed by atoms with Crippen molar-refractivity contribution in [2.45, 2.75) is 63.9 Å². The van der Waals surface area contributed by atoms with Crippen LogP contribution in [0.5, 0.6) is 0 Å². The zero-order chi connectivity index (χ0) is 15.1. The largest absolute Gasteiger partial charge is 0.392 e. The van der Waals surface area contributed by atoms with Crippen molar-refractivity contribution in [1.82, 2.24) is 0 Å². The Bertz CT molecular complexity index is 384. The minimum atomic E-state index is -0.287. The summed E-state index contributed by atoms with van der Waals surface area (Å²) in [6, 6.07) is 10.3.